The number of rotatable bonds is 1. The summed E-state index contributed by atoms with van der Waals surface area (Å²) < 4.78 is 0. The van der Waals surface area contributed by atoms with E-state index in [0.717, 1.165) is 0 Å². The Balaban J connectivity index is 3.00. The van der Waals surface area contributed by atoms with Gasteiger partial charge in [-0.2, -0.15) is 0 Å². The van der Waals surface area contributed by atoms with Crippen LogP contribution < -0.4 is 0 Å². The number of hydrogen-bond donors (Lipinski definition) is 2. The number of carbonyl (C=O) groups is 1. The number of aromatic amines is 1. The molecule has 0 aliphatic heterocycles. The third-order valence-electron chi connectivity index (χ3n) is 0.817. The number of aromatic hydroxyl groups is 1. The third kappa shape index (κ3) is 0.703. The molecule has 2 N–H and O–H groups in total. The van der Waals surface area contributed by atoms with Crippen LogP contribution in [0.5, 0.6) is 5.75 Å². The molecule has 0 unspecified atom stereocenters. The first-order chi connectivity index (χ1) is 3.83. The van der Waals surface area contributed by atoms with E-state index in [-0.39, 0.29) is 5.75 Å². The van der Waals surface area contributed by atoms with Gasteiger partial charge < -0.3 is 10.1 Å². The molecule has 0 spiro atoms. The van der Waals surface area contributed by atoms with Crippen molar-refractivity contribution in [3.8, 4) is 5.75 Å². The predicted molar refractivity (Wildman–Crippen MR) is 27.8 cm³/mol. The molecule has 0 amide bonds. The third-order valence-corrected chi connectivity index (χ3v) is 0.817. The number of H-pyrrole nitrogens is 1. The molecule has 0 aliphatic rings. The van der Waals surface area contributed by atoms with Gasteiger partial charge in [-0.1, -0.05) is 0 Å². The topological polar surface area (TPSA) is 53.1 Å². The Labute approximate surface area is 46.0 Å². The molecule has 3 nitrogen and oxygen atoms in total. The summed E-state index contributed by atoms with van der Waals surface area (Å²) in [6.07, 6.45) is 1.99. The lowest BCUT2D eigenvalue weighted by atomic mass is 10.5. The maximum absolute atomic E-state index is 9.88. The maximum Gasteiger partial charge on any atom is 0.166 e. The van der Waals surface area contributed by atoms with Crippen LogP contribution in [0.4, 0.5) is 0 Å². The Hall–Kier alpha value is -1.25. The summed E-state index contributed by atoms with van der Waals surface area (Å²) in [5.74, 6) is 0.0899. The van der Waals surface area contributed by atoms with Crippen LogP contribution in [0, 0.1) is 0 Å². The second-order valence-electron chi connectivity index (χ2n) is 1.43. The SMILES string of the molecule is O=Cc1cc(O)c[nH]1. The van der Waals surface area contributed by atoms with Gasteiger partial charge in [-0.15, -0.1) is 0 Å². The van der Waals surface area contributed by atoms with E-state index in [4.69, 9.17) is 5.11 Å². The molecular formula is C5H5NO2. The molecule has 1 aromatic rings. The molecule has 1 rings (SSSR count). The van der Waals surface area contributed by atoms with Gasteiger partial charge in [0.15, 0.2) is 6.29 Å². The lowest BCUT2D eigenvalue weighted by Crippen LogP contribution is -1.72. The average Bonchev–Trinajstić information content (AvgIpc) is 2.14. The number of aldehydes is 1. The zero-order chi connectivity index (χ0) is 5.98. The molecule has 8 heavy (non-hydrogen) atoms. The Kier molecular flexibility index (Phi) is 1.04. The first-order valence-corrected chi connectivity index (χ1v) is 2.15. The van der Waals surface area contributed by atoms with E-state index in [2.05, 4.69) is 4.98 Å². The molecule has 42 valence electrons. The minimum atomic E-state index is 0.0899. The normalized spacial score (nSPS) is 9.00. The van der Waals surface area contributed by atoms with E-state index in [9.17, 15) is 4.79 Å². The van der Waals surface area contributed by atoms with Crippen molar-refractivity contribution >= 4 is 6.29 Å². The van der Waals surface area contributed by atoms with Crippen molar-refractivity contribution in [3.63, 3.8) is 0 Å². The highest BCUT2D eigenvalue weighted by molar-refractivity contribution is 5.72. The summed E-state index contributed by atoms with van der Waals surface area (Å²) in [5, 5.41) is 8.59. The summed E-state index contributed by atoms with van der Waals surface area (Å²) in [4.78, 5) is 12.4. The minimum Gasteiger partial charge on any atom is -0.506 e. The minimum absolute atomic E-state index is 0.0899. The molecular weight excluding hydrogens is 106 g/mol. The van der Waals surface area contributed by atoms with Crippen molar-refractivity contribution in [1.82, 2.24) is 4.98 Å². The second kappa shape index (κ2) is 1.69. The Morgan fingerprint density at radius 2 is 2.50 bits per heavy atom. The lowest BCUT2D eigenvalue weighted by molar-refractivity contribution is 0.111. The van der Waals surface area contributed by atoms with Crippen LogP contribution in [0.15, 0.2) is 12.3 Å². The van der Waals surface area contributed by atoms with Crippen LogP contribution in [-0.4, -0.2) is 16.4 Å². The van der Waals surface area contributed by atoms with Gasteiger partial charge in [-0.25, -0.2) is 0 Å². The van der Waals surface area contributed by atoms with Crippen LogP contribution in [0.25, 0.3) is 0 Å². The van der Waals surface area contributed by atoms with E-state index in [1.165, 1.54) is 12.3 Å². The van der Waals surface area contributed by atoms with Gasteiger partial charge in [0.25, 0.3) is 0 Å². The van der Waals surface area contributed by atoms with Gasteiger partial charge in [-0.3, -0.25) is 4.79 Å². The van der Waals surface area contributed by atoms with Crippen molar-refractivity contribution in [2.24, 2.45) is 0 Å². The lowest BCUT2D eigenvalue weighted by Gasteiger charge is -1.71. The first-order valence-electron chi connectivity index (χ1n) is 2.15. The molecule has 0 saturated carbocycles. The van der Waals surface area contributed by atoms with Crippen LogP contribution >= 0.6 is 0 Å². The summed E-state index contributed by atoms with van der Waals surface area (Å²) in [6.45, 7) is 0. The monoisotopic (exact) mass is 111 g/mol. The number of hydrogen-bond acceptors (Lipinski definition) is 2. The standard InChI is InChI=1S/C5H5NO2/c7-3-4-1-5(8)2-6-4/h1-3,6,8H. The quantitative estimate of drug-likeness (QED) is 0.519. The molecule has 0 saturated heterocycles. The van der Waals surface area contributed by atoms with Crippen molar-refractivity contribution < 1.29 is 9.90 Å². The average molecular weight is 111 g/mol. The zero-order valence-electron chi connectivity index (χ0n) is 4.09. The van der Waals surface area contributed by atoms with Crippen molar-refractivity contribution in [2.75, 3.05) is 0 Å². The largest absolute Gasteiger partial charge is 0.506 e. The zero-order valence-corrected chi connectivity index (χ0v) is 4.09. The molecule has 0 radical (unpaired) electrons. The highest BCUT2D eigenvalue weighted by Gasteiger charge is 1.90. The molecule has 1 heterocycles. The molecule has 1 aromatic heterocycles. The van der Waals surface area contributed by atoms with Crippen LogP contribution in [-0.2, 0) is 0 Å². The molecule has 0 fully saturated rings. The number of nitrogens with one attached hydrogen (secondary N) is 1. The second-order valence-corrected chi connectivity index (χ2v) is 1.43. The van der Waals surface area contributed by atoms with E-state index >= 15 is 0 Å². The first kappa shape index (κ1) is 4.90. The Bertz CT molecular complexity index is 192. The smallest absolute Gasteiger partial charge is 0.166 e. The summed E-state index contributed by atoms with van der Waals surface area (Å²) >= 11 is 0. The fourth-order valence-electron chi connectivity index (χ4n) is 0.468. The van der Waals surface area contributed by atoms with Gasteiger partial charge in [0.1, 0.15) is 5.75 Å². The maximum atomic E-state index is 9.88. The highest BCUT2D eigenvalue weighted by Crippen LogP contribution is 2.06. The Morgan fingerprint density at radius 1 is 1.75 bits per heavy atom. The van der Waals surface area contributed by atoms with Crippen molar-refractivity contribution in [2.45, 2.75) is 0 Å². The van der Waals surface area contributed by atoms with Gasteiger partial charge >= 0.3 is 0 Å². The van der Waals surface area contributed by atoms with Crippen molar-refractivity contribution in [1.29, 1.82) is 0 Å². The number of aromatic nitrogens is 1. The summed E-state index contributed by atoms with van der Waals surface area (Å²) in [5.41, 5.74) is 0.391. The van der Waals surface area contributed by atoms with Crippen molar-refractivity contribution in [3.05, 3.63) is 18.0 Å². The van der Waals surface area contributed by atoms with Gasteiger partial charge in [0, 0.05) is 12.3 Å². The van der Waals surface area contributed by atoms with E-state index in [0.29, 0.717) is 12.0 Å². The Morgan fingerprint density at radius 3 is 2.75 bits per heavy atom. The predicted octanol–water partition coefficient (Wildman–Crippen LogP) is 0.533. The summed E-state index contributed by atoms with van der Waals surface area (Å²) in [6, 6.07) is 1.35. The van der Waals surface area contributed by atoms with E-state index in [1.807, 2.05) is 0 Å². The molecule has 0 atom stereocenters. The highest BCUT2D eigenvalue weighted by atomic mass is 16.3. The molecule has 0 aromatic carbocycles. The fraction of sp³-hybridized carbons (Fsp3) is 0. The molecule has 3 heteroatoms. The van der Waals surface area contributed by atoms with E-state index < -0.39 is 0 Å². The summed E-state index contributed by atoms with van der Waals surface area (Å²) in [7, 11) is 0. The van der Waals surface area contributed by atoms with Gasteiger partial charge in [-0.05, 0) is 0 Å². The van der Waals surface area contributed by atoms with E-state index in [1.54, 1.807) is 0 Å². The molecule has 0 aliphatic carbocycles. The fourth-order valence-corrected chi connectivity index (χ4v) is 0.468. The van der Waals surface area contributed by atoms with Gasteiger partial charge in [0.05, 0.1) is 5.69 Å². The van der Waals surface area contributed by atoms with Crippen LogP contribution in [0.1, 0.15) is 10.5 Å². The van der Waals surface area contributed by atoms with Crippen LogP contribution in [0.3, 0.4) is 0 Å². The van der Waals surface area contributed by atoms with Gasteiger partial charge in [0.2, 0.25) is 0 Å². The molecule has 0 bridgehead atoms. The van der Waals surface area contributed by atoms with Crippen LogP contribution in [0.2, 0.25) is 0 Å². The number of carbonyl (C=O) groups excluding carboxylic acids is 1.